The number of pyridine rings is 1. The highest BCUT2D eigenvalue weighted by Crippen LogP contribution is 2.28. The van der Waals surface area contributed by atoms with Crippen molar-refractivity contribution in [3.63, 3.8) is 0 Å². The van der Waals surface area contributed by atoms with Crippen molar-refractivity contribution in [2.75, 3.05) is 47.0 Å². The second-order valence-electron chi connectivity index (χ2n) is 6.60. The van der Waals surface area contributed by atoms with Gasteiger partial charge < -0.3 is 20.9 Å². The van der Waals surface area contributed by atoms with Crippen LogP contribution in [-0.2, 0) is 6.54 Å². The number of halogens is 1. The second-order valence-corrected chi connectivity index (χ2v) is 6.60. The number of benzene rings is 1. The molecule has 3 heterocycles. The van der Waals surface area contributed by atoms with E-state index in [1.54, 1.807) is 18.5 Å². The summed E-state index contributed by atoms with van der Waals surface area (Å²) < 4.78 is 14.0. The molecule has 3 N–H and O–H groups in total. The summed E-state index contributed by atoms with van der Waals surface area (Å²) >= 11 is 0. The largest absolute Gasteiger partial charge is 0.393 e. The van der Waals surface area contributed by atoms with E-state index in [9.17, 15) is 4.39 Å². The third-order valence-electron chi connectivity index (χ3n) is 4.82. The number of anilines is 4. The molecule has 8 heteroatoms. The Morgan fingerprint density at radius 3 is 2.54 bits per heavy atom. The van der Waals surface area contributed by atoms with E-state index >= 15 is 0 Å². The van der Waals surface area contributed by atoms with Crippen LogP contribution in [0.15, 0.2) is 55.1 Å². The van der Waals surface area contributed by atoms with E-state index in [-0.39, 0.29) is 5.82 Å². The van der Waals surface area contributed by atoms with Crippen molar-refractivity contribution in [1.29, 1.82) is 0 Å². The van der Waals surface area contributed by atoms with Gasteiger partial charge in [-0.1, -0.05) is 18.2 Å². The number of hydrogen-bond donors (Lipinski definition) is 2. The number of nitrogens with two attached hydrogens (primary N) is 1. The normalized spacial score (nSPS) is 14.2. The van der Waals surface area contributed by atoms with Gasteiger partial charge in [0.25, 0.3) is 0 Å². The van der Waals surface area contributed by atoms with Crippen LogP contribution in [0.25, 0.3) is 0 Å². The monoisotopic (exact) mass is 379 g/mol. The molecule has 0 atom stereocenters. The van der Waals surface area contributed by atoms with Crippen LogP contribution in [0.5, 0.6) is 0 Å². The van der Waals surface area contributed by atoms with Gasteiger partial charge in [0, 0.05) is 45.1 Å². The highest BCUT2D eigenvalue weighted by molar-refractivity contribution is 5.75. The lowest BCUT2D eigenvalue weighted by Gasteiger charge is -2.37. The first-order chi connectivity index (χ1) is 13.7. The predicted octanol–water partition coefficient (Wildman–Crippen LogP) is 2.53. The summed E-state index contributed by atoms with van der Waals surface area (Å²) in [5.74, 6) is 1.11. The van der Waals surface area contributed by atoms with Gasteiger partial charge in [-0.25, -0.2) is 14.4 Å². The fourth-order valence-electron chi connectivity index (χ4n) is 3.33. The molecule has 0 unspecified atom stereocenters. The minimum Gasteiger partial charge on any atom is -0.393 e. The van der Waals surface area contributed by atoms with Gasteiger partial charge >= 0.3 is 0 Å². The SMILES string of the molecule is Nc1c(NCc2cccnc2)ncnc1N1CCN(c2ccccc2F)CC1. The Labute approximate surface area is 163 Å². The van der Waals surface area contributed by atoms with Crippen LogP contribution in [-0.4, -0.2) is 41.1 Å². The third-order valence-corrected chi connectivity index (χ3v) is 4.82. The molecule has 1 fully saturated rings. The summed E-state index contributed by atoms with van der Waals surface area (Å²) in [5, 5.41) is 3.25. The highest BCUT2D eigenvalue weighted by atomic mass is 19.1. The summed E-state index contributed by atoms with van der Waals surface area (Å²) in [4.78, 5) is 16.9. The fraction of sp³-hybridized carbons (Fsp3) is 0.250. The molecule has 0 amide bonds. The maximum absolute atomic E-state index is 14.0. The van der Waals surface area contributed by atoms with E-state index in [0.717, 1.165) is 5.56 Å². The van der Waals surface area contributed by atoms with Crippen LogP contribution in [0.4, 0.5) is 27.4 Å². The van der Waals surface area contributed by atoms with E-state index in [2.05, 4.69) is 25.2 Å². The minimum absolute atomic E-state index is 0.195. The van der Waals surface area contributed by atoms with Gasteiger partial charge in [0.1, 0.15) is 17.8 Å². The Kier molecular flexibility index (Phi) is 5.18. The summed E-state index contributed by atoms with van der Waals surface area (Å²) in [6.07, 6.45) is 5.05. The van der Waals surface area contributed by atoms with Crippen LogP contribution in [0.1, 0.15) is 5.56 Å². The molecule has 1 saturated heterocycles. The molecule has 2 aromatic heterocycles. The van der Waals surface area contributed by atoms with Gasteiger partial charge in [0.2, 0.25) is 0 Å². The molecule has 3 aromatic rings. The molecule has 1 aliphatic heterocycles. The molecule has 1 aromatic carbocycles. The molecule has 0 spiro atoms. The Bertz CT molecular complexity index is 927. The lowest BCUT2D eigenvalue weighted by Crippen LogP contribution is -2.47. The van der Waals surface area contributed by atoms with Crippen molar-refractivity contribution in [2.24, 2.45) is 0 Å². The predicted molar refractivity (Wildman–Crippen MR) is 109 cm³/mol. The van der Waals surface area contributed by atoms with E-state index in [0.29, 0.717) is 55.7 Å². The molecule has 0 bridgehead atoms. The molecule has 144 valence electrons. The van der Waals surface area contributed by atoms with Gasteiger partial charge in [0.05, 0.1) is 5.69 Å². The minimum atomic E-state index is -0.195. The van der Waals surface area contributed by atoms with Crippen LogP contribution in [0.3, 0.4) is 0 Å². The molecule has 1 aliphatic rings. The lowest BCUT2D eigenvalue weighted by molar-refractivity contribution is 0.596. The van der Waals surface area contributed by atoms with E-state index < -0.39 is 0 Å². The van der Waals surface area contributed by atoms with Crippen molar-refractivity contribution in [3.8, 4) is 0 Å². The van der Waals surface area contributed by atoms with E-state index in [4.69, 9.17) is 5.73 Å². The molecule has 4 rings (SSSR count). The van der Waals surface area contributed by atoms with Gasteiger partial charge in [-0.3, -0.25) is 4.98 Å². The molecule has 0 aliphatic carbocycles. The summed E-state index contributed by atoms with van der Waals surface area (Å²) in [5.41, 5.74) is 8.53. The first kappa shape index (κ1) is 18.0. The van der Waals surface area contributed by atoms with Gasteiger partial charge in [-0.2, -0.15) is 0 Å². The topological polar surface area (TPSA) is 83.2 Å². The Morgan fingerprint density at radius 2 is 1.79 bits per heavy atom. The van der Waals surface area contributed by atoms with Crippen molar-refractivity contribution in [3.05, 3.63) is 66.5 Å². The number of aromatic nitrogens is 3. The molecular weight excluding hydrogens is 357 g/mol. The zero-order valence-corrected chi connectivity index (χ0v) is 15.4. The van der Waals surface area contributed by atoms with E-state index in [1.165, 1.54) is 12.4 Å². The standard InChI is InChI=1S/C20H22FN7/c21-16-5-1-2-6-17(16)27-8-10-28(11-9-27)20-18(22)19(25-14-26-20)24-13-15-4-3-7-23-12-15/h1-7,12,14H,8-11,13,22H2,(H,24,25,26). The lowest BCUT2D eigenvalue weighted by atomic mass is 10.2. The maximum atomic E-state index is 14.0. The van der Waals surface area contributed by atoms with Crippen molar-refractivity contribution in [2.45, 2.75) is 6.54 Å². The van der Waals surface area contributed by atoms with Gasteiger partial charge in [0.15, 0.2) is 11.6 Å². The number of nitrogens with one attached hydrogen (secondary N) is 1. The van der Waals surface area contributed by atoms with Crippen LogP contribution in [0.2, 0.25) is 0 Å². The highest BCUT2D eigenvalue weighted by Gasteiger charge is 2.22. The summed E-state index contributed by atoms with van der Waals surface area (Å²) in [7, 11) is 0. The first-order valence-corrected chi connectivity index (χ1v) is 9.20. The zero-order valence-electron chi connectivity index (χ0n) is 15.4. The molecule has 0 radical (unpaired) electrons. The Balaban J connectivity index is 1.43. The zero-order chi connectivity index (χ0) is 19.3. The van der Waals surface area contributed by atoms with Crippen molar-refractivity contribution in [1.82, 2.24) is 15.0 Å². The Morgan fingerprint density at radius 1 is 1.00 bits per heavy atom. The van der Waals surface area contributed by atoms with Gasteiger partial charge in [-0.15, -0.1) is 0 Å². The van der Waals surface area contributed by atoms with Crippen molar-refractivity contribution < 1.29 is 4.39 Å². The number of nitrogen functional groups attached to an aromatic ring is 1. The van der Waals surface area contributed by atoms with Gasteiger partial charge in [-0.05, 0) is 23.8 Å². The second kappa shape index (κ2) is 8.08. The number of piperazine rings is 1. The number of nitrogens with zero attached hydrogens (tertiary/aromatic N) is 5. The molecule has 28 heavy (non-hydrogen) atoms. The quantitative estimate of drug-likeness (QED) is 0.705. The van der Waals surface area contributed by atoms with Crippen LogP contribution in [0, 0.1) is 5.82 Å². The fourth-order valence-corrected chi connectivity index (χ4v) is 3.33. The van der Waals surface area contributed by atoms with Crippen LogP contribution < -0.4 is 20.9 Å². The van der Waals surface area contributed by atoms with E-state index in [1.807, 2.05) is 29.2 Å². The Hall–Kier alpha value is -3.42. The smallest absolute Gasteiger partial charge is 0.157 e. The average Bonchev–Trinajstić information content (AvgIpc) is 2.74. The molecular formula is C20H22FN7. The first-order valence-electron chi connectivity index (χ1n) is 9.20. The number of hydrogen-bond acceptors (Lipinski definition) is 7. The number of rotatable bonds is 5. The summed E-state index contributed by atoms with van der Waals surface area (Å²) in [6.45, 7) is 3.39. The average molecular weight is 379 g/mol. The third kappa shape index (κ3) is 3.80. The number of para-hydroxylation sites is 1. The maximum Gasteiger partial charge on any atom is 0.157 e. The van der Waals surface area contributed by atoms with Crippen LogP contribution >= 0.6 is 0 Å². The van der Waals surface area contributed by atoms with Crippen molar-refractivity contribution >= 4 is 23.0 Å². The molecule has 0 saturated carbocycles. The molecule has 7 nitrogen and oxygen atoms in total. The summed E-state index contributed by atoms with van der Waals surface area (Å²) in [6, 6.07) is 10.7.